The zero-order chi connectivity index (χ0) is 11.7. The van der Waals surface area contributed by atoms with Gasteiger partial charge in [0.05, 0.1) is 21.3 Å². The van der Waals surface area contributed by atoms with Gasteiger partial charge in [-0.25, -0.2) is 0 Å². The van der Waals surface area contributed by atoms with Crippen LogP contribution in [0.5, 0.6) is 0 Å². The van der Waals surface area contributed by atoms with Crippen molar-refractivity contribution in [2.45, 2.75) is 0 Å². The third-order valence-electron chi connectivity index (χ3n) is 2.51. The normalized spacial score (nSPS) is 10.6. The monoisotopic (exact) mass is 260 g/mol. The summed E-state index contributed by atoms with van der Waals surface area (Å²) in [6.07, 6.45) is 0. The summed E-state index contributed by atoms with van der Waals surface area (Å²) >= 11 is 7.83. The van der Waals surface area contributed by atoms with E-state index in [-0.39, 0.29) is 0 Å². The Morgan fingerprint density at radius 1 is 1.12 bits per heavy atom. The molecule has 1 N–H and O–H groups in total. The van der Waals surface area contributed by atoms with Crippen molar-refractivity contribution in [3.05, 3.63) is 52.9 Å². The van der Waals surface area contributed by atoms with Crippen LogP contribution in [0, 0.1) is 0 Å². The second-order valence-electron chi connectivity index (χ2n) is 3.62. The molecule has 0 amide bonds. The average molecular weight is 261 g/mol. The molecule has 2 aromatic heterocycles. The molecule has 0 fully saturated rings. The van der Waals surface area contributed by atoms with Gasteiger partial charge in [-0.05, 0) is 23.6 Å². The molecule has 0 saturated carbocycles. The molecular formula is C13H9ClN2S. The molecule has 0 aliphatic rings. The van der Waals surface area contributed by atoms with E-state index in [1.165, 1.54) is 4.88 Å². The van der Waals surface area contributed by atoms with E-state index >= 15 is 0 Å². The number of benzene rings is 1. The number of nitrogens with zero attached hydrogens (tertiary/aromatic N) is 1. The summed E-state index contributed by atoms with van der Waals surface area (Å²) < 4.78 is 0. The summed E-state index contributed by atoms with van der Waals surface area (Å²) in [6.45, 7) is 0. The molecule has 0 saturated heterocycles. The number of hydrogen-bond acceptors (Lipinski definition) is 2. The fraction of sp³-hybridized carbons (Fsp3) is 0. The number of hydrogen-bond donors (Lipinski definition) is 1. The van der Waals surface area contributed by atoms with Gasteiger partial charge in [-0.2, -0.15) is 5.10 Å². The molecule has 0 unspecified atom stereocenters. The number of thiophene rings is 1. The Kier molecular flexibility index (Phi) is 2.71. The minimum absolute atomic E-state index is 0.719. The zero-order valence-corrected chi connectivity index (χ0v) is 10.4. The van der Waals surface area contributed by atoms with E-state index in [9.17, 15) is 0 Å². The summed E-state index contributed by atoms with van der Waals surface area (Å²) in [4.78, 5) is 1.18. The quantitative estimate of drug-likeness (QED) is 0.724. The molecule has 0 bridgehead atoms. The Labute approximate surface area is 108 Å². The summed E-state index contributed by atoms with van der Waals surface area (Å²) in [6, 6.07) is 13.8. The minimum Gasteiger partial charge on any atom is -0.276 e. The number of H-pyrrole nitrogens is 1. The summed E-state index contributed by atoms with van der Waals surface area (Å²) in [5, 5.41) is 10.1. The zero-order valence-electron chi connectivity index (χ0n) is 8.85. The molecule has 1 aromatic carbocycles. The van der Waals surface area contributed by atoms with Crippen LogP contribution >= 0.6 is 22.9 Å². The molecule has 3 aromatic rings. The Bertz CT molecular complexity index is 628. The molecule has 2 nitrogen and oxygen atoms in total. The number of nitrogens with one attached hydrogen (secondary N) is 1. The van der Waals surface area contributed by atoms with Crippen LogP contribution in [-0.4, -0.2) is 10.2 Å². The molecule has 0 aliphatic heterocycles. The van der Waals surface area contributed by atoms with Crippen molar-refractivity contribution >= 4 is 22.9 Å². The van der Waals surface area contributed by atoms with Gasteiger partial charge in [-0.1, -0.05) is 35.9 Å². The van der Waals surface area contributed by atoms with Crippen molar-refractivity contribution in [1.82, 2.24) is 10.2 Å². The molecule has 4 heteroatoms. The van der Waals surface area contributed by atoms with E-state index in [1.54, 1.807) is 11.3 Å². The first-order chi connectivity index (χ1) is 8.34. The molecule has 0 spiro atoms. The second-order valence-corrected chi connectivity index (χ2v) is 4.98. The van der Waals surface area contributed by atoms with Crippen LogP contribution < -0.4 is 0 Å². The number of aromatic amines is 1. The van der Waals surface area contributed by atoms with Crippen LogP contribution in [0.3, 0.4) is 0 Å². The number of rotatable bonds is 2. The Balaban J connectivity index is 2.04. The maximum Gasteiger partial charge on any atom is 0.0942 e. The standard InChI is InChI=1S/C13H9ClN2S/c14-10-5-2-1-4-9(10)11-8-12(16-15-11)13-6-3-7-17-13/h1-8H,(H,15,16). The van der Waals surface area contributed by atoms with Gasteiger partial charge in [0.2, 0.25) is 0 Å². The summed E-state index contributed by atoms with van der Waals surface area (Å²) in [5.41, 5.74) is 2.85. The summed E-state index contributed by atoms with van der Waals surface area (Å²) in [5.74, 6) is 0. The fourth-order valence-electron chi connectivity index (χ4n) is 1.69. The van der Waals surface area contributed by atoms with Gasteiger partial charge in [0.15, 0.2) is 0 Å². The van der Waals surface area contributed by atoms with Gasteiger partial charge < -0.3 is 0 Å². The average Bonchev–Trinajstić information content (AvgIpc) is 3.00. The van der Waals surface area contributed by atoms with E-state index in [0.717, 1.165) is 22.0 Å². The Morgan fingerprint density at radius 2 is 2.00 bits per heavy atom. The first-order valence-corrected chi connectivity index (χ1v) is 6.44. The third-order valence-corrected chi connectivity index (χ3v) is 3.75. The number of halogens is 1. The molecule has 0 atom stereocenters. The van der Waals surface area contributed by atoms with Crippen molar-refractivity contribution in [2.75, 3.05) is 0 Å². The van der Waals surface area contributed by atoms with Crippen LogP contribution in [0.25, 0.3) is 21.8 Å². The highest BCUT2D eigenvalue weighted by Gasteiger charge is 2.08. The van der Waals surface area contributed by atoms with Gasteiger partial charge in [0.1, 0.15) is 0 Å². The lowest BCUT2D eigenvalue weighted by Gasteiger charge is -1.97. The molecule has 3 rings (SSSR count). The Hall–Kier alpha value is -1.58. The largest absolute Gasteiger partial charge is 0.276 e. The predicted octanol–water partition coefficient (Wildman–Crippen LogP) is 4.46. The molecule has 17 heavy (non-hydrogen) atoms. The molecule has 0 aliphatic carbocycles. The van der Waals surface area contributed by atoms with E-state index in [1.807, 2.05) is 41.8 Å². The van der Waals surface area contributed by atoms with Gasteiger partial charge in [-0.15, -0.1) is 11.3 Å². The van der Waals surface area contributed by atoms with Gasteiger partial charge in [0.25, 0.3) is 0 Å². The molecule has 2 heterocycles. The molecule has 0 radical (unpaired) electrons. The maximum absolute atomic E-state index is 6.14. The fourth-order valence-corrected chi connectivity index (χ4v) is 2.61. The SMILES string of the molecule is Clc1ccccc1-c1cc(-c2cccs2)[nH]n1. The molecule has 84 valence electrons. The van der Waals surface area contributed by atoms with Crippen molar-refractivity contribution < 1.29 is 0 Å². The van der Waals surface area contributed by atoms with Gasteiger partial charge in [0, 0.05) is 5.56 Å². The lowest BCUT2D eigenvalue weighted by Crippen LogP contribution is -1.78. The lowest BCUT2D eigenvalue weighted by molar-refractivity contribution is 1.10. The highest BCUT2D eigenvalue weighted by molar-refractivity contribution is 7.13. The van der Waals surface area contributed by atoms with Crippen LogP contribution in [0.1, 0.15) is 0 Å². The maximum atomic E-state index is 6.14. The van der Waals surface area contributed by atoms with Gasteiger partial charge in [-0.3, -0.25) is 5.10 Å². The highest BCUT2D eigenvalue weighted by atomic mass is 35.5. The van der Waals surface area contributed by atoms with Crippen molar-refractivity contribution in [3.8, 4) is 21.8 Å². The summed E-state index contributed by atoms with van der Waals surface area (Å²) in [7, 11) is 0. The van der Waals surface area contributed by atoms with E-state index < -0.39 is 0 Å². The lowest BCUT2D eigenvalue weighted by atomic mass is 10.1. The van der Waals surface area contributed by atoms with E-state index in [0.29, 0.717) is 0 Å². The van der Waals surface area contributed by atoms with E-state index in [2.05, 4.69) is 16.3 Å². The smallest absolute Gasteiger partial charge is 0.0942 e. The first-order valence-electron chi connectivity index (χ1n) is 5.19. The minimum atomic E-state index is 0.719. The van der Waals surface area contributed by atoms with Crippen molar-refractivity contribution in [3.63, 3.8) is 0 Å². The van der Waals surface area contributed by atoms with Gasteiger partial charge >= 0.3 is 0 Å². The van der Waals surface area contributed by atoms with Crippen LogP contribution in [-0.2, 0) is 0 Å². The topological polar surface area (TPSA) is 28.7 Å². The molecular weight excluding hydrogens is 252 g/mol. The first kappa shape index (κ1) is 10.6. The van der Waals surface area contributed by atoms with E-state index in [4.69, 9.17) is 11.6 Å². The second kappa shape index (κ2) is 4.35. The third kappa shape index (κ3) is 1.99. The number of aromatic nitrogens is 2. The van der Waals surface area contributed by atoms with Crippen molar-refractivity contribution in [2.24, 2.45) is 0 Å². The van der Waals surface area contributed by atoms with Crippen LogP contribution in [0.4, 0.5) is 0 Å². The Morgan fingerprint density at radius 3 is 2.76 bits per heavy atom. The highest BCUT2D eigenvalue weighted by Crippen LogP contribution is 2.30. The van der Waals surface area contributed by atoms with Crippen molar-refractivity contribution in [1.29, 1.82) is 0 Å². The predicted molar refractivity (Wildman–Crippen MR) is 72.3 cm³/mol. The van der Waals surface area contributed by atoms with Crippen LogP contribution in [0.15, 0.2) is 47.8 Å². The van der Waals surface area contributed by atoms with Crippen LogP contribution in [0.2, 0.25) is 5.02 Å².